The fraction of sp³-hybridized carbons (Fsp3) is 0.136. The molecule has 2 aromatic carbocycles. The van der Waals surface area contributed by atoms with Crippen LogP contribution in [-0.4, -0.2) is 20.7 Å². The molecule has 2 bridgehead atoms. The van der Waals surface area contributed by atoms with Gasteiger partial charge < -0.3 is 15.5 Å². The van der Waals surface area contributed by atoms with Crippen LogP contribution in [-0.2, 0) is 0 Å². The van der Waals surface area contributed by atoms with Gasteiger partial charge >= 0.3 is 0 Å². The van der Waals surface area contributed by atoms with Crippen molar-refractivity contribution in [3.05, 3.63) is 82.9 Å². The average Bonchev–Trinajstić information content (AvgIpc) is 3.38. The second-order valence-electron chi connectivity index (χ2n) is 7.27. The molecule has 0 radical (unpaired) electrons. The van der Waals surface area contributed by atoms with Crippen molar-refractivity contribution in [2.24, 2.45) is 0 Å². The van der Waals surface area contributed by atoms with E-state index in [0.717, 1.165) is 29.7 Å². The topological polar surface area (TPSA) is 74.5 Å². The van der Waals surface area contributed by atoms with Gasteiger partial charge in [-0.1, -0.05) is 12.2 Å². The number of rotatable bonds is 3. The number of aromatic nitrogens is 1. The molecule has 0 saturated carbocycles. The molecule has 0 saturated heterocycles. The van der Waals surface area contributed by atoms with E-state index in [1.54, 1.807) is 12.1 Å². The molecular formula is C22H16F2N2O3. The quantitative estimate of drug-likeness (QED) is 0.570. The molecule has 3 N–H and O–H groups in total. The monoisotopic (exact) mass is 394 g/mol. The number of benzene rings is 2. The lowest BCUT2D eigenvalue weighted by Crippen LogP contribution is -2.13. The van der Waals surface area contributed by atoms with Gasteiger partial charge in [-0.3, -0.25) is 9.36 Å². The van der Waals surface area contributed by atoms with Crippen LogP contribution in [0.1, 0.15) is 39.7 Å². The van der Waals surface area contributed by atoms with Crippen LogP contribution in [0, 0.1) is 11.6 Å². The molecule has 3 aromatic rings. The predicted octanol–water partition coefficient (Wildman–Crippen LogP) is 4.56. The average molecular weight is 394 g/mol. The normalized spacial score (nSPS) is 18.8. The fourth-order valence-corrected chi connectivity index (χ4v) is 4.23. The summed E-state index contributed by atoms with van der Waals surface area (Å²) in [4.78, 5) is 12.4. The minimum Gasteiger partial charge on any atom is -0.494 e. The zero-order valence-electron chi connectivity index (χ0n) is 15.1. The molecular weight excluding hydrogens is 378 g/mol. The highest BCUT2D eigenvalue weighted by molar-refractivity contribution is 6.04. The van der Waals surface area contributed by atoms with E-state index in [1.165, 1.54) is 16.7 Å². The molecule has 7 heteroatoms. The van der Waals surface area contributed by atoms with Crippen molar-refractivity contribution in [2.45, 2.75) is 18.3 Å². The summed E-state index contributed by atoms with van der Waals surface area (Å²) in [6.07, 6.45) is 4.95. The van der Waals surface area contributed by atoms with E-state index in [9.17, 15) is 23.8 Å². The minimum atomic E-state index is -0.866. The number of halogens is 2. The Labute approximate surface area is 164 Å². The van der Waals surface area contributed by atoms with Gasteiger partial charge in [-0.2, -0.15) is 0 Å². The van der Waals surface area contributed by atoms with E-state index in [2.05, 4.69) is 5.32 Å². The van der Waals surface area contributed by atoms with E-state index in [0.29, 0.717) is 11.8 Å². The van der Waals surface area contributed by atoms with Gasteiger partial charge in [0.15, 0.2) is 0 Å². The lowest BCUT2D eigenvalue weighted by molar-refractivity contribution is 0.102. The Hall–Kier alpha value is -3.61. The van der Waals surface area contributed by atoms with Crippen LogP contribution in [0.15, 0.2) is 54.6 Å². The molecule has 0 fully saturated rings. The van der Waals surface area contributed by atoms with Gasteiger partial charge in [0, 0.05) is 34.6 Å². The summed E-state index contributed by atoms with van der Waals surface area (Å²) in [6.45, 7) is 0. The number of allylic oxidation sites excluding steroid dienone is 2. The van der Waals surface area contributed by atoms with Gasteiger partial charge in [0.2, 0.25) is 11.8 Å². The Morgan fingerprint density at radius 1 is 0.966 bits per heavy atom. The van der Waals surface area contributed by atoms with E-state index >= 15 is 0 Å². The summed E-state index contributed by atoms with van der Waals surface area (Å²) < 4.78 is 28.1. The fourth-order valence-electron chi connectivity index (χ4n) is 4.23. The Kier molecular flexibility index (Phi) is 3.74. The standard InChI is InChI=1S/C22H16F2N2O3/c23-14-5-8-17(16(24)10-14)25-20(27)11-3-6-15(7-4-11)26-21(28)18-12-1-2-13(9-12)19(18)22(26)29/h1-8,10,12-13,28-29H,9H2,(H,25,27)/t12-,13+. The van der Waals surface area contributed by atoms with Crippen LogP contribution in [0.2, 0.25) is 0 Å². The first kappa shape index (κ1) is 17.5. The molecule has 5 nitrogen and oxygen atoms in total. The Morgan fingerprint density at radius 2 is 1.59 bits per heavy atom. The second kappa shape index (κ2) is 6.20. The second-order valence-corrected chi connectivity index (χ2v) is 7.27. The highest BCUT2D eigenvalue weighted by Crippen LogP contribution is 2.57. The maximum Gasteiger partial charge on any atom is 0.255 e. The van der Waals surface area contributed by atoms with Gasteiger partial charge in [-0.25, -0.2) is 8.78 Å². The number of amides is 1. The largest absolute Gasteiger partial charge is 0.494 e. The van der Waals surface area contributed by atoms with Gasteiger partial charge in [0.1, 0.15) is 11.6 Å². The number of hydrogen-bond acceptors (Lipinski definition) is 3. The van der Waals surface area contributed by atoms with Crippen molar-refractivity contribution in [1.82, 2.24) is 4.57 Å². The number of anilines is 1. The van der Waals surface area contributed by atoms with Crippen LogP contribution >= 0.6 is 0 Å². The van der Waals surface area contributed by atoms with Crippen molar-refractivity contribution >= 4 is 11.6 Å². The number of carbonyl (C=O) groups is 1. The molecule has 29 heavy (non-hydrogen) atoms. The number of hydrogen-bond donors (Lipinski definition) is 3. The van der Waals surface area contributed by atoms with E-state index in [-0.39, 0.29) is 34.8 Å². The van der Waals surface area contributed by atoms with Gasteiger partial charge in [0.25, 0.3) is 5.91 Å². The summed E-state index contributed by atoms with van der Waals surface area (Å²) in [7, 11) is 0. The lowest BCUT2D eigenvalue weighted by atomic mass is 10.0. The Balaban J connectivity index is 1.42. The third-order valence-corrected chi connectivity index (χ3v) is 5.59. The molecule has 0 spiro atoms. The van der Waals surface area contributed by atoms with Crippen LogP contribution < -0.4 is 5.32 Å². The van der Waals surface area contributed by atoms with Crippen LogP contribution in [0.4, 0.5) is 14.5 Å². The van der Waals surface area contributed by atoms with Crippen LogP contribution in [0.5, 0.6) is 11.8 Å². The number of fused-ring (bicyclic) bond motifs is 5. The SMILES string of the molecule is O=C(Nc1ccc(F)cc1F)c1ccc(-n2c(O)c3c(c2O)[C@H]2C=C[C@@H]3C2)cc1. The number of carbonyl (C=O) groups excluding carboxylic acids is 1. The first-order valence-electron chi connectivity index (χ1n) is 9.15. The van der Waals surface area contributed by atoms with Crippen LogP contribution in [0.25, 0.3) is 5.69 Å². The van der Waals surface area contributed by atoms with Crippen molar-refractivity contribution in [3.8, 4) is 17.4 Å². The third-order valence-electron chi connectivity index (χ3n) is 5.59. The predicted molar refractivity (Wildman–Crippen MR) is 103 cm³/mol. The molecule has 1 amide bonds. The Bertz CT molecular complexity index is 1150. The lowest BCUT2D eigenvalue weighted by Gasteiger charge is -2.11. The van der Waals surface area contributed by atoms with Gasteiger partial charge in [-0.15, -0.1) is 0 Å². The molecule has 1 heterocycles. The molecule has 5 rings (SSSR count). The number of nitrogens with zero attached hydrogens (tertiary/aromatic N) is 1. The molecule has 146 valence electrons. The highest BCUT2D eigenvalue weighted by atomic mass is 19.1. The Morgan fingerprint density at radius 3 is 2.17 bits per heavy atom. The molecule has 2 atom stereocenters. The van der Waals surface area contributed by atoms with E-state index in [1.807, 2.05) is 12.2 Å². The molecule has 2 aliphatic carbocycles. The van der Waals surface area contributed by atoms with Crippen molar-refractivity contribution in [3.63, 3.8) is 0 Å². The van der Waals surface area contributed by atoms with Crippen molar-refractivity contribution in [1.29, 1.82) is 0 Å². The number of aromatic hydroxyl groups is 2. The summed E-state index contributed by atoms with van der Waals surface area (Å²) in [5.74, 6) is -1.94. The third kappa shape index (κ3) is 2.61. The van der Waals surface area contributed by atoms with Gasteiger partial charge in [0.05, 0.1) is 11.4 Å². The first-order valence-corrected chi connectivity index (χ1v) is 9.15. The molecule has 0 aliphatic heterocycles. The first-order chi connectivity index (χ1) is 13.9. The molecule has 2 aliphatic rings. The van der Waals surface area contributed by atoms with E-state index in [4.69, 9.17) is 0 Å². The summed E-state index contributed by atoms with van der Waals surface area (Å²) in [6, 6.07) is 9.07. The summed E-state index contributed by atoms with van der Waals surface area (Å²) in [5.41, 5.74) is 2.13. The van der Waals surface area contributed by atoms with E-state index < -0.39 is 17.5 Å². The smallest absolute Gasteiger partial charge is 0.255 e. The summed E-state index contributed by atoms with van der Waals surface area (Å²) in [5, 5.41) is 23.7. The molecule has 1 aromatic heterocycles. The van der Waals surface area contributed by atoms with Crippen molar-refractivity contribution < 1.29 is 23.8 Å². The van der Waals surface area contributed by atoms with Crippen molar-refractivity contribution in [2.75, 3.05) is 5.32 Å². The summed E-state index contributed by atoms with van der Waals surface area (Å²) >= 11 is 0. The minimum absolute atomic E-state index is 0.0000604. The highest BCUT2D eigenvalue weighted by Gasteiger charge is 2.41. The van der Waals surface area contributed by atoms with Gasteiger partial charge in [-0.05, 0) is 42.8 Å². The molecule has 0 unspecified atom stereocenters. The van der Waals surface area contributed by atoms with Crippen LogP contribution in [0.3, 0.4) is 0 Å². The number of nitrogens with one attached hydrogen (secondary N) is 1. The zero-order chi connectivity index (χ0) is 20.3. The maximum atomic E-state index is 13.7. The maximum absolute atomic E-state index is 13.7. The zero-order valence-corrected chi connectivity index (χ0v) is 15.1.